The van der Waals surface area contributed by atoms with Crippen LogP contribution in [0.3, 0.4) is 0 Å². The van der Waals surface area contributed by atoms with Gasteiger partial charge in [0.05, 0.1) is 5.41 Å². The lowest BCUT2D eigenvalue weighted by atomic mass is 9.62. The minimum atomic E-state index is -0.820. The molecule has 0 heterocycles. The lowest BCUT2D eigenvalue weighted by molar-refractivity contribution is -0.152. The molecule has 2 rings (SSSR count). The molecule has 0 aromatic carbocycles. The summed E-state index contributed by atoms with van der Waals surface area (Å²) in [5.74, 6) is -0.548. The molecule has 0 atom stereocenters. The number of hydrogen-bond acceptors (Lipinski definition) is 4. The number of aliphatic carboxylic acids is 1. The Balaban J connectivity index is 2.04. The van der Waals surface area contributed by atoms with Crippen molar-refractivity contribution in [3.8, 4) is 0 Å². The van der Waals surface area contributed by atoms with Crippen LogP contribution in [0.15, 0.2) is 0 Å². The summed E-state index contributed by atoms with van der Waals surface area (Å²) in [4.78, 5) is 24.3. The number of rotatable bonds is 5. The summed E-state index contributed by atoms with van der Waals surface area (Å²) in [6, 6.07) is 0. The summed E-state index contributed by atoms with van der Waals surface area (Å²) < 4.78 is 0. The Labute approximate surface area is 126 Å². The molecule has 0 aromatic heterocycles. The van der Waals surface area contributed by atoms with Crippen LogP contribution in [0, 0.1) is 16.7 Å². The van der Waals surface area contributed by atoms with E-state index in [1.807, 2.05) is 0 Å². The highest BCUT2D eigenvalue weighted by Crippen LogP contribution is 2.44. The van der Waals surface area contributed by atoms with Crippen molar-refractivity contribution in [2.24, 2.45) is 28.2 Å². The van der Waals surface area contributed by atoms with Gasteiger partial charge in [0.1, 0.15) is 5.78 Å². The summed E-state index contributed by atoms with van der Waals surface area (Å²) in [7, 11) is 0. The van der Waals surface area contributed by atoms with Gasteiger partial charge in [-0.3, -0.25) is 9.59 Å². The van der Waals surface area contributed by atoms with Crippen LogP contribution in [0.25, 0.3) is 0 Å². The highest BCUT2D eigenvalue weighted by molar-refractivity contribution is 5.88. The fraction of sp³-hybridized carbons (Fsp3) is 0.875. The first-order valence-corrected chi connectivity index (χ1v) is 8.17. The molecule has 5 heteroatoms. The van der Waals surface area contributed by atoms with Crippen molar-refractivity contribution in [1.82, 2.24) is 0 Å². The third-order valence-electron chi connectivity index (χ3n) is 5.88. The van der Waals surface area contributed by atoms with Crippen LogP contribution in [0.4, 0.5) is 0 Å². The summed E-state index contributed by atoms with van der Waals surface area (Å²) in [6.07, 6.45) is 7.46. The predicted octanol–water partition coefficient (Wildman–Crippen LogP) is 1.68. The van der Waals surface area contributed by atoms with Gasteiger partial charge in [0.25, 0.3) is 0 Å². The highest BCUT2D eigenvalue weighted by Gasteiger charge is 2.46. The van der Waals surface area contributed by atoms with Gasteiger partial charge in [-0.15, -0.1) is 0 Å². The molecule has 0 spiro atoms. The first-order valence-electron chi connectivity index (χ1n) is 8.17. The van der Waals surface area contributed by atoms with Crippen LogP contribution < -0.4 is 11.5 Å². The fourth-order valence-corrected chi connectivity index (χ4v) is 4.15. The first kappa shape index (κ1) is 16.4. The molecular formula is C16H28N2O3. The maximum Gasteiger partial charge on any atom is 0.310 e. The van der Waals surface area contributed by atoms with E-state index in [1.165, 1.54) is 6.42 Å². The van der Waals surface area contributed by atoms with E-state index in [9.17, 15) is 14.7 Å². The van der Waals surface area contributed by atoms with Gasteiger partial charge in [-0.25, -0.2) is 0 Å². The molecule has 0 unspecified atom stereocenters. The number of carboxylic acid groups (broad SMARTS) is 1. The molecule has 2 fully saturated rings. The van der Waals surface area contributed by atoms with Crippen LogP contribution in [0.5, 0.6) is 0 Å². The Morgan fingerprint density at radius 1 is 0.905 bits per heavy atom. The van der Waals surface area contributed by atoms with Crippen molar-refractivity contribution >= 4 is 11.8 Å². The van der Waals surface area contributed by atoms with Crippen LogP contribution in [-0.2, 0) is 9.59 Å². The van der Waals surface area contributed by atoms with Crippen molar-refractivity contribution < 1.29 is 14.7 Å². The molecule has 21 heavy (non-hydrogen) atoms. The molecule has 2 aliphatic rings. The van der Waals surface area contributed by atoms with E-state index < -0.39 is 11.4 Å². The second kappa shape index (κ2) is 6.44. The van der Waals surface area contributed by atoms with Crippen molar-refractivity contribution in [2.45, 2.75) is 57.8 Å². The van der Waals surface area contributed by atoms with E-state index in [-0.39, 0.29) is 17.9 Å². The van der Waals surface area contributed by atoms with Crippen molar-refractivity contribution in [2.75, 3.05) is 13.1 Å². The zero-order valence-corrected chi connectivity index (χ0v) is 12.8. The van der Waals surface area contributed by atoms with Gasteiger partial charge in [-0.05, 0) is 38.5 Å². The third kappa shape index (κ3) is 2.99. The van der Waals surface area contributed by atoms with Crippen molar-refractivity contribution in [3.63, 3.8) is 0 Å². The fourth-order valence-electron chi connectivity index (χ4n) is 4.15. The zero-order chi connectivity index (χ0) is 15.5. The Hall–Kier alpha value is -0.940. The molecule has 0 amide bonds. The van der Waals surface area contributed by atoms with Gasteiger partial charge in [0, 0.05) is 24.4 Å². The molecule has 0 radical (unpaired) electrons. The quantitative estimate of drug-likeness (QED) is 0.715. The number of ketones is 1. The molecule has 2 saturated carbocycles. The Bertz CT molecular complexity index is 394. The lowest BCUT2D eigenvalue weighted by Gasteiger charge is -2.41. The number of Topliss-reactive ketones (excluding diaryl/α,β-unsaturated/α-hetero) is 1. The second-order valence-electron chi connectivity index (χ2n) is 6.97. The number of carbonyl (C=O) groups is 2. The van der Waals surface area contributed by atoms with Crippen LogP contribution in [0.2, 0.25) is 0 Å². The van der Waals surface area contributed by atoms with Gasteiger partial charge in [0.15, 0.2) is 0 Å². The maximum absolute atomic E-state index is 12.9. The average molecular weight is 296 g/mol. The number of carboxylic acids is 1. The summed E-state index contributed by atoms with van der Waals surface area (Å²) >= 11 is 0. The number of hydrogen-bond donors (Lipinski definition) is 3. The Morgan fingerprint density at radius 3 is 1.86 bits per heavy atom. The molecule has 0 aromatic rings. The van der Waals surface area contributed by atoms with E-state index in [4.69, 9.17) is 11.5 Å². The molecule has 5 nitrogen and oxygen atoms in total. The molecule has 5 N–H and O–H groups in total. The monoisotopic (exact) mass is 296 g/mol. The molecular weight excluding hydrogens is 268 g/mol. The Kier molecular flexibility index (Phi) is 5.04. The normalized spacial score (nSPS) is 32.6. The number of nitrogens with two attached hydrogens (primary N) is 2. The predicted molar refractivity (Wildman–Crippen MR) is 80.7 cm³/mol. The van der Waals surface area contributed by atoms with Gasteiger partial charge >= 0.3 is 5.97 Å². The van der Waals surface area contributed by atoms with Crippen molar-refractivity contribution in [1.29, 1.82) is 0 Å². The van der Waals surface area contributed by atoms with E-state index in [0.717, 1.165) is 25.7 Å². The van der Waals surface area contributed by atoms with E-state index >= 15 is 0 Å². The standard InChI is InChI=1S/C16H28N2O3/c17-10-15(6-2-1-3-7-15)13(19)12-4-8-16(11-18,9-5-12)14(20)21/h12H,1-11,17-18H2,(H,20,21). The average Bonchev–Trinajstić information content (AvgIpc) is 2.54. The molecule has 0 saturated heterocycles. The topological polar surface area (TPSA) is 106 Å². The van der Waals surface area contributed by atoms with Crippen molar-refractivity contribution in [3.05, 3.63) is 0 Å². The minimum Gasteiger partial charge on any atom is -0.481 e. The molecule has 0 aliphatic heterocycles. The summed E-state index contributed by atoms with van der Waals surface area (Å²) in [5, 5.41) is 9.37. The van der Waals surface area contributed by atoms with E-state index in [0.29, 0.717) is 38.0 Å². The van der Waals surface area contributed by atoms with Crippen LogP contribution >= 0.6 is 0 Å². The van der Waals surface area contributed by atoms with Crippen LogP contribution in [0.1, 0.15) is 57.8 Å². The summed E-state index contributed by atoms with van der Waals surface area (Å²) in [6.45, 7) is 0.592. The third-order valence-corrected chi connectivity index (χ3v) is 5.88. The van der Waals surface area contributed by atoms with Gasteiger partial charge < -0.3 is 16.6 Å². The van der Waals surface area contributed by atoms with Gasteiger partial charge in [-0.2, -0.15) is 0 Å². The van der Waals surface area contributed by atoms with Gasteiger partial charge in [-0.1, -0.05) is 19.3 Å². The number of carbonyl (C=O) groups excluding carboxylic acids is 1. The first-order chi connectivity index (χ1) is 9.99. The summed E-state index contributed by atoms with van der Waals surface area (Å²) in [5.41, 5.74) is 10.4. The largest absolute Gasteiger partial charge is 0.481 e. The van der Waals surface area contributed by atoms with E-state index in [1.54, 1.807) is 0 Å². The smallest absolute Gasteiger partial charge is 0.310 e. The Morgan fingerprint density at radius 2 is 1.43 bits per heavy atom. The minimum absolute atomic E-state index is 0.0225. The molecule has 0 bridgehead atoms. The molecule has 2 aliphatic carbocycles. The second-order valence-corrected chi connectivity index (χ2v) is 6.97. The molecule has 120 valence electrons. The zero-order valence-electron chi connectivity index (χ0n) is 12.8. The highest BCUT2D eigenvalue weighted by atomic mass is 16.4. The lowest BCUT2D eigenvalue weighted by Crippen LogP contribution is -2.47. The van der Waals surface area contributed by atoms with Gasteiger partial charge in [0.2, 0.25) is 0 Å². The van der Waals surface area contributed by atoms with E-state index in [2.05, 4.69) is 0 Å². The SMILES string of the molecule is NCC1(C(=O)O)CCC(C(=O)C2(CN)CCCCC2)CC1. The maximum atomic E-state index is 12.9. The van der Waals surface area contributed by atoms with Crippen LogP contribution in [-0.4, -0.2) is 29.9 Å².